The average Bonchev–Trinajstić information content (AvgIpc) is 3.12. The van der Waals surface area contributed by atoms with Crippen molar-refractivity contribution in [2.75, 3.05) is 13.1 Å². The molecule has 1 saturated carbocycles. The molecular weight excluding hydrogens is 265 g/mol. The number of nitrogens with two attached hydrogens (primary N) is 1. The monoisotopic (exact) mass is 282 g/mol. The van der Waals surface area contributed by atoms with Crippen molar-refractivity contribution < 1.29 is 27.9 Å². The van der Waals surface area contributed by atoms with Crippen molar-refractivity contribution in [1.82, 2.24) is 4.90 Å². The molecule has 3 N–H and O–H groups in total. The smallest absolute Gasteiger partial charge is 0.475 e. The number of amides is 1. The number of rotatable bonds is 1. The topological polar surface area (TPSA) is 83.6 Å². The first-order chi connectivity index (χ1) is 8.71. The van der Waals surface area contributed by atoms with Gasteiger partial charge in [0.05, 0.1) is 0 Å². The summed E-state index contributed by atoms with van der Waals surface area (Å²) < 4.78 is 31.7. The predicted molar refractivity (Wildman–Crippen MR) is 60.2 cm³/mol. The number of halogens is 3. The zero-order chi connectivity index (χ0) is 14.6. The van der Waals surface area contributed by atoms with Crippen molar-refractivity contribution in [2.24, 2.45) is 11.7 Å². The van der Waals surface area contributed by atoms with Crippen molar-refractivity contribution >= 4 is 11.9 Å². The van der Waals surface area contributed by atoms with Crippen LogP contribution in [0.5, 0.6) is 0 Å². The molecule has 0 bridgehead atoms. The predicted octanol–water partition coefficient (Wildman–Crippen LogP) is 0.979. The summed E-state index contributed by atoms with van der Waals surface area (Å²) in [5.41, 5.74) is 5.75. The summed E-state index contributed by atoms with van der Waals surface area (Å²) in [4.78, 5) is 22.4. The molecule has 0 radical (unpaired) electrons. The van der Waals surface area contributed by atoms with Gasteiger partial charge in [-0.1, -0.05) is 0 Å². The maximum Gasteiger partial charge on any atom is 0.490 e. The molecule has 2 aliphatic rings. The fraction of sp³-hybridized carbons (Fsp3) is 0.818. The lowest BCUT2D eigenvalue weighted by Gasteiger charge is -2.30. The van der Waals surface area contributed by atoms with E-state index in [1.165, 1.54) is 0 Å². The molecule has 1 aliphatic carbocycles. The number of carboxylic acids is 1. The van der Waals surface area contributed by atoms with Crippen LogP contribution < -0.4 is 5.73 Å². The molecule has 8 heteroatoms. The number of carbonyl (C=O) groups excluding carboxylic acids is 1. The highest BCUT2D eigenvalue weighted by atomic mass is 19.4. The van der Waals surface area contributed by atoms with Crippen molar-refractivity contribution in [1.29, 1.82) is 0 Å². The van der Waals surface area contributed by atoms with E-state index in [1.54, 1.807) is 0 Å². The van der Waals surface area contributed by atoms with Gasteiger partial charge >= 0.3 is 12.1 Å². The van der Waals surface area contributed by atoms with E-state index in [9.17, 15) is 18.0 Å². The molecule has 1 amide bonds. The fourth-order valence-corrected chi connectivity index (χ4v) is 1.71. The largest absolute Gasteiger partial charge is 0.490 e. The lowest BCUT2D eigenvalue weighted by molar-refractivity contribution is -0.192. The van der Waals surface area contributed by atoms with E-state index < -0.39 is 12.1 Å². The third-order valence-corrected chi connectivity index (χ3v) is 3.02. The van der Waals surface area contributed by atoms with Crippen LogP contribution in [0.25, 0.3) is 0 Å². The first-order valence-corrected chi connectivity index (χ1v) is 6.06. The summed E-state index contributed by atoms with van der Waals surface area (Å²) in [5, 5.41) is 7.12. The Kier molecular flexibility index (Phi) is 5.16. The first kappa shape index (κ1) is 15.7. The van der Waals surface area contributed by atoms with Crippen molar-refractivity contribution in [3.63, 3.8) is 0 Å². The molecule has 0 aromatic heterocycles. The summed E-state index contributed by atoms with van der Waals surface area (Å²) in [6.07, 6.45) is -0.889. The fourth-order valence-electron chi connectivity index (χ4n) is 1.71. The second-order valence-electron chi connectivity index (χ2n) is 4.74. The quantitative estimate of drug-likeness (QED) is 0.751. The van der Waals surface area contributed by atoms with Crippen LogP contribution in [0.2, 0.25) is 0 Å². The zero-order valence-electron chi connectivity index (χ0n) is 10.3. The maximum absolute atomic E-state index is 11.6. The summed E-state index contributed by atoms with van der Waals surface area (Å²) in [6.45, 7) is 1.77. The Balaban J connectivity index is 0.000000224. The molecule has 5 nitrogen and oxygen atoms in total. The molecular formula is C11H17F3N2O3. The van der Waals surface area contributed by atoms with E-state index in [-0.39, 0.29) is 0 Å². The van der Waals surface area contributed by atoms with Gasteiger partial charge < -0.3 is 15.7 Å². The van der Waals surface area contributed by atoms with Gasteiger partial charge in [0.25, 0.3) is 0 Å². The molecule has 0 aromatic carbocycles. The Bertz CT molecular complexity index is 335. The third-order valence-electron chi connectivity index (χ3n) is 3.02. The van der Waals surface area contributed by atoms with Crippen LogP contribution in [-0.4, -0.2) is 47.2 Å². The standard InChI is InChI=1S/C9H16N2O.C2HF3O2/c10-8-3-5-11(6-4-8)9(12)7-1-2-7;3-2(4,5)1(6)7/h7-8H,1-6,10H2;(H,6,7). The zero-order valence-corrected chi connectivity index (χ0v) is 10.3. The molecule has 1 saturated heterocycles. The molecule has 2 fully saturated rings. The van der Waals surface area contributed by atoms with E-state index >= 15 is 0 Å². The molecule has 2 rings (SSSR count). The Hall–Kier alpha value is -1.31. The number of alkyl halides is 3. The molecule has 0 spiro atoms. The Morgan fingerprint density at radius 3 is 1.84 bits per heavy atom. The van der Waals surface area contributed by atoms with E-state index in [0.717, 1.165) is 38.8 Å². The summed E-state index contributed by atoms with van der Waals surface area (Å²) in [7, 11) is 0. The summed E-state index contributed by atoms with van der Waals surface area (Å²) in [5.74, 6) is -2.01. The normalized spacial score (nSPS) is 20.5. The van der Waals surface area contributed by atoms with Crippen molar-refractivity contribution in [3.05, 3.63) is 0 Å². The number of piperidine rings is 1. The molecule has 1 heterocycles. The molecule has 0 aromatic rings. The molecule has 110 valence electrons. The van der Waals surface area contributed by atoms with Gasteiger partial charge in [0, 0.05) is 25.0 Å². The van der Waals surface area contributed by atoms with E-state index in [4.69, 9.17) is 15.6 Å². The number of carboxylic acid groups (broad SMARTS) is 1. The molecule has 1 aliphatic heterocycles. The molecule has 19 heavy (non-hydrogen) atoms. The van der Waals surface area contributed by atoms with Crippen LogP contribution in [0.4, 0.5) is 13.2 Å². The minimum Gasteiger partial charge on any atom is -0.475 e. The molecule has 0 atom stereocenters. The number of carbonyl (C=O) groups is 2. The Morgan fingerprint density at radius 2 is 1.53 bits per heavy atom. The van der Waals surface area contributed by atoms with Crippen LogP contribution in [0, 0.1) is 5.92 Å². The van der Waals surface area contributed by atoms with Gasteiger partial charge in [-0.3, -0.25) is 4.79 Å². The Labute approximate surface area is 108 Å². The van der Waals surface area contributed by atoms with Crippen LogP contribution in [0.3, 0.4) is 0 Å². The van der Waals surface area contributed by atoms with E-state index in [0.29, 0.717) is 17.9 Å². The lowest BCUT2D eigenvalue weighted by atomic mass is 10.1. The van der Waals surface area contributed by atoms with Crippen LogP contribution >= 0.6 is 0 Å². The van der Waals surface area contributed by atoms with Crippen LogP contribution in [0.15, 0.2) is 0 Å². The highest BCUT2D eigenvalue weighted by Crippen LogP contribution is 2.31. The maximum atomic E-state index is 11.6. The second kappa shape index (κ2) is 6.23. The summed E-state index contributed by atoms with van der Waals surface area (Å²) >= 11 is 0. The number of nitrogens with zero attached hydrogens (tertiary/aromatic N) is 1. The van der Waals surface area contributed by atoms with Crippen molar-refractivity contribution in [2.45, 2.75) is 37.9 Å². The average molecular weight is 282 g/mol. The van der Waals surface area contributed by atoms with E-state index in [2.05, 4.69) is 0 Å². The van der Waals surface area contributed by atoms with Gasteiger partial charge in [0.2, 0.25) is 5.91 Å². The highest BCUT2D eigenvalue weighted by molar-refractivity contribution is 5.81. The van der Waals surface area contributed by atoms with Gasteiger partial charge in [-0.15, -0.1) is 0 Å². The van der Waals surface area contributed by atoms with Gasteiger partial charge in [0.1, 0.15) is 0 Å². The number of hydrogen-bond donors (Lipinski definition) is 2. The van der Waals surface area contributed by atoms with Gasteiger partial charge in [-0.05, 0) is 25.7 Å². The SMILES string of the molecule is NC1CCN(C(=O)C2CC2)CC1.O=C(O)C(F)(F)F. The second-order valence-corrected chi connectivity index (χ2v) is 4.74. The van der Waals surface area contributed by atoms with Gasteiger partial charge in [-0.25, -0.2) is 4.79 Å². The highest BCUT2D eigenvalue weighted by Gasteiger charge is 2.38. The van der Waals surface area contributed by atoms with E-state index in [1.807, 2.05) is 4.90 Å². The van der Waals surface area contributed by atoms with Crippen molar-refractivity contribution in [3.8, 4) is 0 Å². The number of likely N-dealkylation sites (tertiary alicyclic amines) is 1. The minimum absolute atomic E-state index is 0.327. The van der Waals surface area contributed by atoms with Crippen LogP contribution in [0.1, 0.15) is 25.7 Å². The van der Waals surface area contributed by atoms with Gasteiger partial charge in [0.15, 0.2) is 0 Å². The molecule has 0 unspecified atom stereocenters. The Morgan fingerprint density at radius 1 is 1.11 bits per heavy atom. The van der Waals surface area contributed by atoms with Gasteiger partial charge in [-0.2, -0.15) is 13.2 Å². The lowest BCUT2D eigenvalue weighted by Crippen LogP contribution is -2.43. The first-order valence-electron chi connectivity index (χ1n) is 6.06. The third kappa shape index (κ3) is 5.46. The van der Waals surface area contributed by atoms with Crippen LogP contribution in [-0.2, 0) is 9.59 Å². The number of aliphatic carboxylic acids is 1. The summed E-state index contributed by atoms with van der Waals surface area (Å²) in [6, 6.07) is 0.327. The number of hydrogen-bond acceptors (Lipinski definition) is 3. The minimum atomic E-state index is -5.08.